The second-order valence-corrected chi connectivity index (χ2v) is 12.1. The van der Waals surface area contributed by atoms with Crippen molar-refractivity contribution in [3.8, 4) is 22.3 Å². The maximum absolute atomic E-state index is 2.37. The zero-order valence-electron chi connectivity index (χ0n) is 22.3. The molecule has 0 fully saturated rings. The smallest absolute Gasteiger partial charge is 0.0361 e. The predicted octanol–water partition coefficient (Wildman–Crippen LogP) is 12.0. The number of fused-ring (bicyclic) bond motifs is 9. The van der Waals surface area contributed by atoms with Crippen LogP contribution in [0.15, 0.2) is 146 Å². The minimum atomic E-state index is 1.24. The van der Waals surface area contributed by atoms with Gasteiger partial charge in [-0.2, -0.15) is 0 Å². The summed E-state index contributed by atoms with van der Waals surface area (Å²) < 4.78 is 2.69. The average molecular weight is 537 g/mol. The molecule has 0 N–H and O–H groups in total. The second kappa shape index (κ2) is 8.76. The molecule has 0 saturated heterocycles. The monoisotopic (exact) mass is 536 g/mol. The van der Waals surface area contributed by atoms with Crippen LogP contribution in [0.5, 0.6) is 0 Å². The molecule has 0 radical (unpaired) electrons. The topological polar surface area (TPSA) is 0 Å². The highest BCUT2D eigenvalue weighted by Gasteiger charge is 2.10. The van der Waals surface area contributed by atoms with Gasteiger partial charge in [0, 0.05) is 20.2 Å². The molecule has 0 spiro atoms. The Morgan fingerprint density at radius 1 is 0.268 bits per heavy atom. The first kappa shape index (κ1) is 22.8. The normalized spacial score (nSPS) is 11.9. The van der Waals surface area contributed by atoms with Gasteiger partial charge in [0.25, 0.3) is 0 Å². The summed E-state index contributed by atoms with van der Waals surface area (Å²) in [5, 5.41) is 13.1. The van der Waals surface area contributed by atoms with Gasteiger partial charge >= 0.3 is 0 Å². The minimum Gasteiger partial charge on any atom is -0.135 e. The first-order valence-electron chi connectivity index (χ1n) is 14.1. The largest absolute Gasteiger partial charge is 0.135 e. The van der Waals surface area contributed by atoms with Gasteiger partial charge in [0.05, 0.1) is 0 Å². The lowest BCUT2D eigenvalue weighted by atomic mass is 9.94. The molecule has 0 nitrogen and oxygen atoms in total. The molecule has 0 bridgehead atoms. The van der Waals surface area contributed by atoms with Crippen molar-refractivity contribution >= 4 is 74.6 Å². The number of benzene rings is 8. The van der Waals surface area contributed by atoms with E-state index < -0.39 is 0 Å². The Kier molecular flexibility index (Phi) is 4.87. The molecule has 1 heteroatoms. The molecule has 1 heterocycles. The highest BCUT2D eigenvalue weighted by molar-refractivity contribution is 7.25. The molecule has 9 rings (SSSR count). The van der Waals surface area contributed by atoms with Crippen molar-refractivity contribution in [1.29, 1.82) is 0 Å². The Bertz CT molecular complexity index is 2460. The predicted molar refractivity (Wildman–Crippen MR) is 180 cm³/mol. The summed E-state index contributed by atoms with van der Waals surface area (Å²) in [4.78, 5) is 0. The number of hydrogen-bond donors (Lipinski definition) is 0. The van der Waals surface area contributed by atoms with E-state index in [0.29, 0.717) is 0 Å². The molecule has 0 aliphatic heterocycles. The third kappa shape index (κ3) is 3.60. The standard InChI is InChI=1S/C40H24S/c1-2-7-30-24-40-38(22-29(30)6-1)37-23-32(17-20-39(37)41-40)26-11-9-25(10-12-26)31-14-13-28-16-18-34-33-8-4-3-5-27(33)15-19-35(34)36(28)21-31/h1-24H. The maximum atomic E-state index is 2.37. The Hall–Kier alpha value is -4.98. The highest BCUT2D eigenvalue weighted by Crippen LogP contribution is 2.39. The number of hydrogen-bond acceptors (Lipinski definition) is 1. The van der Waals surface area contributed by atoms with Gasteiger partial charge in [-0.15, -0.1) is 11.3 Å². The molecule has 1 aromatic heterocycles. The zero-order valence-corrected chi connectivity index (χ0v) is 23.1. The van der Waals surface area contributed by atoms with Gasteiger partial charge in [-0.1, -0.05) is 115 Å². The van der Waals surface area contributed by atoms with E-state index in [0.717, 1.165) is 0 Å². The van der Waals surface area contributed by atoms with Gasteiger partial charge in [-0.05, 0) is 95.7 Å². The van der Waals surface area contributed by atoms with E-state index in [9.17, 15) is 0 Å². The van der Waals surface area contributed by atoms with Gasteiger partial charge in [0.2, 0.25) is 0 Å². The van der Waals surface area contributed by atoms with Gasteiger partial charge in [0.1, 0.15) is 0 Å². The number of thiophene rings is 1. The van der Waals surface area contributed by atoms with Crippen molar-refractivity contribution in [1.82, 2.24) is 0 Å². The molecule has 0 saturated carbocycles. The number of rotatable bonds is 2. The molecular weight excluding hydrogens is 513 g/mol. The van der Waals surface area contributed by atoms with Crippen molar-refractivity contribution in [2.75, 3.05) is 0 Å². The molecule has 9 aromatic rings. The van der Waals surface area contributed by atoms with Gasteiger partial charge in [-0.3, -0.25) is 0 Å². The van der Waals surface area contributed by atoms with E-state index in [1.165, 1.54) is 85.5 Å². The van der Waals surface area contributed by atoms with Crippen molar-refractivity contribution in [2.45, 2.75) is 0 Å². The highest BCUT2D eigenvalue weighted by atomic mass is 32.1. The van der Waals surface area contributed by atoms with Crippen molar-refractivity contribution in [3.63, 3.8) is 0 Å². The van der Waals surface area contributed by atoms with Crippen LogP contribution in [0, 0.1) is 0 Å². The van der Waals surface area contributed by atoms with Crippen LogP contribution in [0.4, 0.5) is 0 Å². The lowest BCUT2D eigenvalue weighted by Crippen LogP contribution is -1.84. The lowest BCUT2D eigenvalue weighted by Gasteiger charge is -2.10. The van der Waals surface area contributed by atoms with Crippen LogP contribution in [-0.4, -0.2) is 0 Å². The van der Waals surface area contributed by atoms with E-state index in [4.69, 9.17) is 0 Å². The van der Waals surface area contributed by atoms with E-state index in [1.54, 1.807) is 0 Å². The summed E-state index contributed by atoms with van der Waals surface area (Å²) in [6, 6.07) is 53.9. The quantitative estimate of drug-likeness (QED) is 0.193. The van der Waals surface area contributed by atoms with Crippen LogP contribution < -0.4 is 0 Å². The van der Waals surface area contributed by atoms with Gasteiger partial charge < -0.3 is 0 Å². The van der Waals surface area contributed by atoms with Gasteiger partial charge in [0.15, 0.2) is 0 Å². The molecular formula is C40H24S. The van der Waals surface area contributed by atoms with Crippen molar-refractivity contribution < 1.29 is 0 Å². The minimum absolute atomic E-state index is 1.24. The molecule has 190 valence electrons. The lowest BCUT2D eigenvalue weighted by molar-refractivity contribution is 1.62. The Labute approximate surface area is 241 Å². The Morgan fingerprint density at radius 3 is 1.54 bits per heavy atom. The average Bonchev–Trinajstić information content (AvgIpc) is 3.39. The fourth-order valence-corrected chi connectivity index (χ4v) is 7.61. The molecule has 8 aromatic carbocycles. The summed E-state index contributed by atoms with van der Waals surface area (Å²) in [7, 11) is 0. The van der Waals surface area contributed by atoms with Crippen molar-refractivity contribution in [3.05, 3.63) is 146 Å². The maximum Gasteiger partial charge on any atom is 0.0361 e. The zero-order chi connectivity index (χ0) is 26.9. The Morgan fingerprint density at radius 2 is 0.780 bits per heavy atom. The molecule has 0 aliphatic carbocycles. The molecule has 0 unspecified atom stereocenters. The summed E-state index contributed by atoms with van der Waals surface area (Å²) in [5.41, 5.74) is 4.99. The van der Waals surface area contributed by atoms with E-state index in [2.05, 4.69) is 146 Å². The summed E-state index contributed by atoms with van der Waals surface area (Å²) in [6.07, 6.45) is 0. The molecule has 0 amide bonds. The SMILES string of the molecule is c1ccc2cc3c(cc2c1)sc1ccc(-c2ccc(-c4ccc5ccc6c7ccccc7ccc6c5c4)cc2)cc13. The van der Waals surface area contributed by atoms with Crippen LogP contribution in [0.2, 0.25) is 0 Å². The van der Waals surface area contributed by atoms with Gasteiger partial charge in [-0.25, -0.2) is 0 Å². The second-order valence-electron chi connectivity index (χ2n) is 11.0. The van der Waals surface area contributed by atoms with E-state index >= 15 is 0 Å². The van der Waals surface area contributed by atoms with Crippen LogP contribution in [-0.2, 0) is 0 Å². The van der Waals surface area contributed by atoms with E-state index in [-0.39, 0.29) is 0 Å². The fraction of sp³-hybridized carbons (Fsp3) is 0. The van der Waals surface area contributed by atoms with E-state index in [1.807, 2.05) is 11.3 Å². The molecule has 0 aliphatic rings. The first-order valence-corrected chi connectivity index (χ1v) is 14.9. The third-order valence-corrected chi connectivity index (χ3v) is 9.77. The fourth-order valence-electron chi connectivity index (χ4n) is 6.49. The molecule has 41 heavy (non-hydrogen) atoms. The van der Waals surface area contributed by atoms with Crippen LogP contribution in [0.25, 0.3) is 85.5 Å². The van der Waals surface area contributed by atoms with Crippen molar-refractivity contribution in [2.24, 2.45) is 0 Å². The third-order valence-electron chi connectivity index (χ3n) is 8.63. The summed E-state index contributed by atoms with van der Waals surface area (Å²) in [5.74, 6) is 0. The Balaban J connectivity index is 1.12. The molecule has 0 atom stereocenters. The first-order chi connectivity index (χ1) is 20.3. The summed E-state index contributed by atoms with van der Waals surface area (Å²) >= 11 is 1.88. The summed E-state index contributed by atoms with van der Waals surface area (Å²) in [6.45, 7) is 0. The van der Waals surface area contributed by atoms with Crippen LogP contribution in [0.1, 0.15) is 0 Å². The van der Waals surface area contributed by atoms with Crippen LogP contribution >= 0.6 is 11.3 Å². The van der Waals surface area contributed by atoms with Crippen LogP contribution in [0.3, 0.4) is 0 Å².